The standard InChI is InChI=1S/C15H15N5/c16-10-11-3-5-12(6-4-11)18-15-8-7-14(19-20-15)13-2-1-9-17-13/h1-9,17H,10,16H2,(H,18,20). The van der Waals surface area contributed by atoms with Crippen LogP contribution in [0.2, 0.25) is 0 Å². The molecule has 0 amide bonds. The summed E-state index contributed by atoms with van der Waals surface area (Å²) in [6, 6.07) is 15.7. The lowest BCUT2D eigenvalue weighted by atomic mass is 10.2. The molecule has 0 saturated heterocycles. The average Bonchev–Trinajstić information content (AvgIpc) is 3.03. The summed E-state index contributed by atoms with van der Waals surface area (Å²) >= 11 is 0. The fourth-order valence-corrected chi connectivity index (χ4v) is 1.90. The zero-order valence-electron chi connectivity index (χ0n) is 10.9. The van der Waals surface area contributed by atoms with Gasteiger partial charge in [0.25, 0.3) is 0 Å². The van der Waals surface area contributed by atoms with Crippen molar-refractivity contribution >= 4 is 11.5 Å². The number of anilines is 2. The topological polar surface area (TPSA) is 79.6 Å². The largest absolute Gasteiger partial charge is 0.360 e. The second-order valence-electron chi connectivity index (χ2n) is 4.41. The molecular formula is C15H15N5. The molecule has 0 aliphatic rings. The maximum Gasteiger partial charge on any atom is 0.153 e. The molecule has 0 spiro atoms. The highest BCUT2D eigenvalue weighted by Crippen LogP contribution is 2.17. The fraction of sp³-hybridized carbons (Fsp3) is 0.0667. The molecule has 4 N–H and O–H groups in total. The molecule has 0 bridgehead atoms. The number of benzene rings is 1. The van der Waals surface area contributed by atoms with Gasteiger partial charge in [0.2, 0.25) is 0 Å². The lowest BCUT2D eigenvalue weighted by Gasteiger charge is -2.06. The van der Waals surface area contributed by atoms with Crippen molar-refractivity contribution in [2.24, 2.45) is 5.73 Å². The van der Waals surface area contributed by atoms with Crippen LogP contribution in [0.25, 0.3) is 11.4 Å². The van der Waals surface area contributed by atoms with E-state index in [1.165, 1.54) is 0 Å². The summed E-state index contributed by atoms with van der Waals surface area (Å²) in [6.45, 7) is 0.547. The zero-order chi connectivity index (χ0) is 13.8. The molecule has 20 heavy (non-hydrogen) atoms. The fourth-order valence-electron chi connectivity index (χ4n) is 1.90. The average molecular weight is 265 g/mol. The molecule has 0 aliphatic heterocycles. The number of nitrogens with one attached hydrogen (secondary N) is 2. The molecule has 5 heteroatoms. The van der Waals surface area contributed by atoms with Crippen LogP contribution >= 0.6 is 0 Å². The van der Waals surface area contributed by atoms with Gasteiger partial charge in [-0.2, -0.15) is 0 Å². The SMILES string of the molecule is NCc1ccc(Nc2ccc(-c3ccc[nH]3)nn2)cc1. The van der Waals surface area contributed by atoms with Crippen LogP contribution in [-0.2, 0) is 6.54 Å². The predicted octanol–water partition coefficient (Wildman–Crippen LogP) is 2.67. The molecule has 3 rings (SSSR count). The van der Waals surface area contributed by atoms with Gasteiger partial charge in [-0.3, -0.25) is 0 Å². The molecule has 3 aromatic rings. The summed E-state index contributed by atoms with van der Waals surface area (Å²) in [7, 11) is 0. The van der Waals surface area contributed by atoms with Gasteiger partial charge in [0.15, 0.2) is 5.82 Å². The lowest BCUT2D eigenvalue weighted by molar-refractivity contribution is 1.04. The van der Waals surface area contributed by atoms with Gasteiger partial charge in [0.05, 0.1) is 5.69 Å². The minimum atomic E-state index is 0.547. The second kappa shape index (κ2) is 5.54. The van der Waals surface area contributed by atoms with E-state index in [1.807, 2.05) is 54.7 Å². The highest BCUT2D eigenvalue weighted by atomic mass is 15.2. The van der Waals surface area contributed by atoms with Crippen molar-refractivity contribution in [3.05, 3.63) is 60.3 Å². The van der Waals surface area contributed by atoms with Crippen LogP contribution in [0.5, 0.6) is 0 Å². The number of rotatable bonds is 4. The first-order chi connectivity index (χ1) is 9.85. The van der Waals surface area contributed by atoms with E-state index in [-0.39, 0.29) is 0 Å². The molecule has 2 heterocycles. The summed E-state index contributed by atoms with van der Waals surface area (Å²) in [5, 5.41) is 11.6. The molecule has 0 atom stereocenters. The maximum absolute atomic E-state index is 5.57. The van der Waals surface area contributed by atoms with E-state index in [2.05, 4.69) is 20.5 Å². The van der Waals surface area contributed by atoms with E-state index < -0.39 is 0 Å². The van der Waals surface area contributed by atoms with E-state index >= 15 is 0 Å². The summed E-state index contributed by atoms with van der Waals surface area (Å²) in [5.74, 6) is 0.709. The molecule has 0 radical (unpaired) electrons. The summed E-state index contributed by atoms with van der Waals surface area (Å²) in [4.78, 5) is 3.10. The van der Waals surface area contributed by atoms with E-state index in [0.29, 0.717) is 12.4 Å². The van der Waals surface area contributed by atoms with Crippen LogP contribution in [0.15, 0.2) is 54.7 Å². The van der Waals surface area contributed by atoms with Crippen molar-refractivity contribution in [3.8, 4) is 11.4 Å². The number of hydrogen-bond donors (Lipinski definition) is 3. The van der Waals surface area contributed by atoms with E-state index in [0.717, 1.165) is 22.6 Å². The van der Waals surface area contributed by atoms with Crippen LogP contribution in [0, 0.1) is 0 Å². The molecule has 0 aliphatic carbocycles. The Morgan fingerprint density at radius 1 is 1.00 bits per heavy atom. The first kappa shape index (κ1) is 12.4. The third-order valence-corrected chi connectivity index (χ3v) is 3.00. The zero-order valence-corrected chi connectivity index (χ0v) is 10.9. The summed E-state index contributed by atoms with van der Waals surface area (Å²) < 4.78 is 0. The van der Waals surface area contributed by atoms with Gasteiger partial charge in [-0.1, -0.05) is 12.1 Å². The van der Waals surface area contributed by atoms with Crippen LogP contribution in [0.4, 0.5) is 11.5 Å². The Hall–Kier alpha value is -2.66. The minimum absolute atomic E-state index is 0.547. The molecule has 0 fully saturated rings. The van der Waals surface area contributed by atoms with Gasteiger partial charge in [-0.25, -0.2) is 0 Å². The van der Waals surface area contributed by atoms with E-state index in [1.54, 1.807) is 0 Å². The van der Waals surface area contributed by atoms with Crippen molar-refractivity contribution in [2.45, 2.75) is 6.54 Å². The minimum Gasteiger partial charge on any atom is -0.360 e. The van der Waals surface area contributed by atoms with Crippen molar-refractivity contribution in [1.82, 2.24) is 15.2 Å². The first-order valence-electron chi connectivity index (χ1n) is 6.39. The number of hydrogen-bond acceptors (Lipinski definition) is 4. The Labute approximate surface area is 116 Å². The Morgan fingerprint density at radius 3 is 2.45 bits per heavy atom. The van der Waals surface area contributed by atoms with E-state index in [9.17, 15) is 0 Å². The third-order valence-electron chi connectivity index (χ3n) is 3.00. The van der Waals surface area contributed by atoms with Gasteiger partial charge in [0, 0.05) is 18.4 Å². The molecule has 5 nitrogen and oxygen atoms in total. The third kappa shape index (κ3) is 2.67. The van der Waals surface area contributed by atoms with Crippen LogP contribution in [0.1, 0.15) is 5.56 Å². The Kier molecular flexibility index (Phi) is 3.43. The molecule has 100 valence electrons. The van der Waals surface area contributed by atoms with Gasteiger partial charge in [-0.05, 0) is 42.0 Å². The monoisotopic (exact) mass is 265 g/mol. The van der Waals surface area contributed by atoms with E-state index in [4.69, 9.17) is 5.73 Å². The van der Waals surface area contributed by atoms with Crippen LogP contribution in [-0.4, -0.2) is 15.2 Å². The smallest absolute Gasteiger partial charge is 0.153 e. The number of nitrogens with zero attached hydrogens (tertiary/aromatic N) is 2. The summed E-state index contributed by atoms with van der Waals surface area (Å²) in [5.41, 5.74) is 9.41. The van der Waals surface area contributed by atoms with Crippen molar-refractivity contribution < 1.29 is 0 Å². The quantitative estimate of drug-likeness (QED) is 0.677. The molecule has 2 aromatic heterocycles. The Bertz CT molecular complexity index is 656. The maximum atomic E-state index is 5.57. The number of aromatic amines is 1. The van der Waals surface area contributed by atoms with Gasteiger partial charge < -0.3 is 16.0 Å². The number of nitrogens with two attached hydrogens (primary N) is 1. The highest BCUT2D eigenvalue weighted by Gasteiger charge is 2.01. The molecule has 0 saturated carbocycles. The van der Waals surface area contributed by atoms with Gasteiger partial charge in [-0.15, -0.1) is 10.2 Å². The number of H-pyrrole nitrogens is 1. The lowest BCUT2D eigenvalue weighted by Crippen LogP contribution is -1.98. The summed E-state index contributed by atoms with van der Waals surface area (Å²) in [6.07, 6.45) is 1.86. The van der Waals surface area contributed by atoms with Crippen molar-refractivity contribution in [3.63, 3.8) is 0 Å². The van der Waals surface area contributed by atoms with Gasteiger partial charge >= 0.3 is 0 Å². The normalized spacial score (nSPS) is 10.4. The first-order valence-corrected chi connectivity index (χ1v) is 6.39. The molecule has 0 unspecified atom stereocenters. The highest BCUT2D eigenvalue weighted by molar-refractivity contribution is 5.59. The van der Waals surface area contributed by atoms with Crippen molar-refractivity contribution in [2.75, 3.05) is 5.32 Å². The Balaban J connectivity index is 1.74. The van der Waals surface area contributed by atoms with Crippen LogP contribution in [0.3, 0.4) is 0 Å². The predicted molar refractivity (Wildman–Crippen MR) is 79.4 cm³/mol. The molecule has 1 aromatic carbocycles. The van der Waals surface area contributed by atoms with Crippen molar-refractivity contribution in [1.29, 1.82) is 0 Å². The van der Waals surface area contributed by atoms with Gasteiger partial charge in [0.1, 0.15) is 5.69 Å². The Morgan fingerprint density at radius 2 is 1.85 bits per heavy atom. The number of aromatic nitrogens is 3. The second-order valence-corrected chi connectivity index (χ2v) is 4.41. The molecular weight excluding hydrogens is 250 g/mol. The van der Waals surface area contributed by atoms with Crippen LogP contribution < -0.4 is 11.1 Å².